The molecule has 10 heteroatoms. The number of amides is 2. The van der Waals surface area contributed by atoms with Crippen molar-refractivity contribution < 1.29 is 26.4 Å². The van der Waals surface area contributed by atoms with Crippen molar-refractivity contribution in [3.05, 3.63) is 29.8 Å². The van der Waals surface area contributed by atoms with Gasteiger partial charge in [0.2, 0.25) is 10.0 Å². The lowest BCUT2D eigenvalue weighted by Gasteiger charge is -2.10. The van der Waals surface area contributed by atoms with E-state index >= 15 is 0 Å². The summed E-state index contributed by atoms with van der Waals surface area (Å²) in [5.41, 5.74) is -0.900. The third-order valence-corrected chi connectivity index (χ3v) is 3.20. The second-order valence-corrected chi connectivity index (χ2v) is 5.91. The van der Waals surface area contributed by atoms with Gasteiger partial charge in [-0.25, -0.2) is 18.4 Å². The first-order valence-corrected chi connectivity index (χ1v) is 7.52. The van der Waals surface area contributed by atoms with E-state index in [-0.39, 0.29) is 24.4 Å². The van der Waals surface area contributed by atoms with Crippen LogP contribution in [0.4, 0.5) is 23.7 Å². The van der Waals surface area contributed by atoms with Crippen molar-refractivity contribution in [1.29, 1.82) is 0 Å². The SMILES string of the molecule is NS(=O)(=O)CCCNC(=O)Nc1cccc(C(F)(F)F)c1. The van der Waals surface area contributed by atoms with Crippen LogP contribution in [-0.4, -0.2) is 26.7 Å². The Hall–Kier alpha value is -1.81. The van der Waals surface area contributed by atoms with E-state index in [1.165, 1.54) is 12.1 Å². The number of sulfonamides is 1. The zero-order valence-electron chi connectivity index (χ0n) is 10.8. The van der Waals surface area contributed by atoms with E-state index < -0.39 is 27.8 Å². The van der Waals surface area contributed by atoms with E-state index in [9.17, 15) is 26.4 Å². The van der Waals surface area contributed by atoms with Crippen LogP contribution in [0, 0.1) is 0 Å². The molecule has 6 nitrogen and oxygen atoms in total. The molecule has 0 saturated carbocycles. The fraction of sp³-hybridized carbons (Fsp3) is 0.364. The van der Waals surface area contributed by atoms with Crippen LogP contribution in [0.25, 0.3) is 0 Å². The molecule has 21 heavy (non-hydrogen) atoms. The third-order valence-electron chi connectivity index (χ3n) is 2.34. The molecule has 0 aliphatic rings. The second-order valence-electron chi connectivity index (χ2n) is 4.18. The number of rotatable bonds is 5. The Balaban J connectivity index is 2.48. The molecule has 0 fully saturated rings. The van der Waals surface area contributed by atoms with E-state index in [2.05, 4.69) is 10.6 Å². The van der Waals surface area contributed by atoms with Gasteiger partial charge in [0, 0.05) is 12.2 Å². The van der Waals surface area contributed by atoms with Gasteiger partial charge >= 0.3 is 12.2 Å². The van der Waals surface area contributed by atoms with Crippen LogP contribution in [0.5, 0.6) is 0 Å². The van der Waals surface area contributed by atoms with Gasteiger partial charge in [0.15, 0.2) is 0 Å². The summed E-state index contributed by atoms with van der Waals surface area (Å²) < 4.78 is 58.7. The average Bonchev–Trinajstić information content (AvgIpc) is 2.33. The molecule has 0 unspecified atom stereocenters. The van der Waals surface area contributed by atoms with Gasteiger partial charge in [-0.1, -0.05) is 6.07 Å². The molecule has 0 bridgehead atoms. The van der Waals surface area contributed by atoms with Gasteiger partial charge < -0.3 is 10.6 Å². The van der Waals surface area contributed by atoms with Crippen molar-refractivity contribution in [3.63, 3.8) is 0 Å². The molecule has 0 heterocycles. The number of primary sulfonamides is 1. The summed E-state index contributed by atoms with van der Waals surface area (Å²) in [5, 5.41) is 9.30. The summed E-state index contributed by atoms with van der Waals surface area (Å²) in [6, 6.07) is 3.42. The maximum Gasteiger partial charge on any atom is 0.416 e. The number of nitrogens with two attached hydrogens (primary N) is 1. The molecule has 4 N–H and O–H groups in total. The molecule has 0 spiro atoms. The van der Waals surface area contributed by atoms with E-state index in [4.69, 9.17) is 5.14 Å². The van der Waals surface area contributed by atoms with Gasteiger partial charge in [-0.15, -0.1) is 0 Å². The van der Waals surface area contributed by atoms with Crippen molar-refractivity contribution in [2.75, 3.05) is 17.6 Å². The minimum Gasteiger partial charge on any atom is -0.338 e. The summed E-state index contributed by atoms with van der Waals surface area (Å²) in [7, 11) is -3.60. The van der Waals surface area contributed by atoms with Crippen LogP contribution in [0.15, 0.2) is 24.3 Å². The fourth-order valence-electron chi connectivity index (χ4n) is 1.42. The zero-order chi connectivity index (χ0) is 16.1. The highest BCUT2D eigenvalue weighted by molar-refractivity contribution is 7.89. The summed E-state index contributed by atoms with van der Waals surface area (Å²) in [6.45, 7) is 0.0290. The highest BCUT2D eigenvalue weighted by Gasteiger charge is 2.30. The number of halogens is 3. The number of nitrogens with one attached hydrogen (secondary N) is 2. The number of anilines is 1. The molecule has 118 valence electrons. The van der Waals surface area contributed by atoms with E-state index in [0.717, 1.165) is 12.1 Å². The minimum absolute atomic E-state index is 0.0197. The Morgan fingerprint density at radius 1 is 1.29 bits per heavy atom. The van der Waals surface area contributed by atoms with E-state index in [1.807, 2.05) is 0 Å². The lowest BCUT2D eigenvalue weighted by atomic mass is 10.2. The lowest BCUT2D eigenvalue weighted by molar-refractivity contribution is -0.137. The van der Waals surface area contributed by atoms with Crippen LogP contribution < -0.4 is 15.8 Å². The molecule has 0 saturated heterocycles. The van der Waals surface area contributed by atoms with Gasteiger partial charge in [0.1, 0.15) is 0 Å². The Kier molecular flexibility index (Phi) is 5.55. The largest absolute Gasteiger partial charge is 0.416 e. The van der Waals surface area contributed by atoms with E-state index in [0.29, 0.717) is 0 Å². The Bertz CT molecular complexity index is 602. The molecule has 2 amide bonds. The molecule has 1 aromatic rings. The van der Waals surface area contributed by atoms with Crippen molar-refractivity contribution in [3.8, 4) is 0 Å². The van der Waals surface area contributed by atoms with Gasteiger partial charge in [-0.2, -0.15) is 13.2 Å². The Labute approximate surface area is 119 Å². The Morgan fingerprint density at radius 2 is 1.95 bits per heavy atom. The number of carbonyl (C=O) groups is 1. The molecule has 0 radical (unpaired) electrons. The van der Waals surface area contributed by atoms with Crippen molar-refractivity contribution in [2.24, 2.45) is 5.14 Å². The summed E-state index contributed by atoms with van der Waals surface area (Å²) in [5.74, 6) is -0.295. The molecule has 0 aromatic heterocycles. The zero-order valence-corrected chi connectivity index (χ0v) is 11.6. The molecule has 0 atom stereocenters. The summed E-state index contributed by atoms with van der Waals surface area (Å²) in [4.78, 5) is 11.4. The smallest absolute Gasteiger partial charge is 0.338 e. The number of alkyl halides is 3. The molecular weight excluding hydrogens is 311 g/mol. The quantitative estimate of drug-likeness (QED) is 0.715. The van der Waals surface area contributed by atoms with Crippen LogP contribution >= 0.6 is 0 Å². The molecule has 1 rings (SSSR count). The summed E-state index contributed by atoms with van der Waals surface area (Å²) >= 11 is 0. The molecular formula is C11H14F3N3O3S. The van der Waals surface area contributed by atoms with Crippen molar-refractivity contribution >= 4 is 21.7 Å². The first-order valence-electron chi connectivity index (χ1n) is 5.80. The number of hydrogen-bond donors (Lipinski definition) is 3. The second kappa shape index (κ2) is 6.76. The maximum absolute atomic E-state index is 12.5. The molecule has 0 aliphatic heterocycles. The first-order chi connectivity index (χ1) is 9.58. The highest BCUT2D eigenvalue weighted by atomic mass is 32.2. The number of carbonyl (C=O) groups excluding carboxylic acids is 1. The van der Waals surface area contributed by atoms with Gasteiger partial charge in [-0.3, -0.25) is 0 Å². The number of urea groups is 1. The van der Waals surface area contributed by atoms with Crippen LogP contribution in [0.1, 0.15) is 12.0 Å². The number of hydrogen-bond acceptors (Lipinski definition) is 3. The predicted octanol–water partition coefficient (Wildman–Crippen LogP) is 1.51. The topological polar surface area (TPSA) is 101 Å². The van der Waals surface area contributed by atoms with Crippen LogP contribution in [0.2, 0.25) is 0 Å². The van der Waals surface area contributed by atoms with Gasteiger partial charge in [0.05, 0.1) is 11.3 Å². The lowest BCUT2D eigenvalue weighted by Crippen LogP contribution is -2.31. The third kappa shape index (κ3) is 6.95. The monoisotopic (exact) mass is 325 g/mol. The fourth-order valence-corrected chi connectivity index (χ4v) is 1.97. The summed E-state index contributed by atoms with van der Waals surface area (Å²) in [6.07, 6.45) is -4.39. The van der Waals surface area contributed by atoms with Crippen LogP contribution in [0.3, 0.4) is 0 Å². The van der Waals surface area contributed by atoms with Crippen molar-refractivity contribution in [2.45, 2.75) is 12.6 Å². The average molecular weight is 325 g/mol. The van der Waals surface area contributed by atoms with Gasteiger partial charge in [0.25, 0.3) is 0 Å². The first kappa shape index (κ1) is 17.2. The standard InChI is InChI=1S/C11H14F3N3O3S/c12-11(13,14)8-3-1-4-9(7-8)17-10(18)16-5-2-6-21(15,19)20/h1,3-4,7H,2,5-6H2,(H2,15,19,20)(H2,16,17,18). The minimum atomic E-state index is -4.50. The van der Waals surface area contributed by atoms with Gasteiger partial charge in [-0.05, 0) is 24.6 Å². The van der Waals surface area contributed by atoms with E-state index in [1.54, 1.807) is 0 Å². The van der Waals surface area contributed by atoms with Crippen LogP contribution in [-0.2, 0) is 16.2 Å². The van der Waals surface area contributed by atoms with Crippen molar-refractivity contribution in [1.82, 2.24) is 5.32 Å². The Morgan fingerprint density at radius 3 is 2.52 bits per heavy atom. The number of benzene rings is 1. The predicted molar refractivity (Wildman–Crippen MR) is 71.1 cm³/mol. The maximum atomic E-state index is 12.5. The molecule has 0 aliphatic carbocycles. The molecule has 1 aromatic carbocycles. The highest BCUT2D eigenvalue weighted by Crippen LogP contribution is 2.30. The normalized spacial score (nSPS) is 12.0.